The highest BCUT2D eigenvalue weighted by atomic mass is 32.2. The summed E-state index contributed by atoms with van der Waals surface area (Å²) >= 11 is 0. The van der Waals surface area contributed by atoms with Crippen LogP contribution in [0.5, 0.6) is 0 Å². The summed E-state index contributed by atoms with van der Waals surface area (Å²) < 4.78 is 12.2. The second-order valence-electron chi connectivity index (χ2n) is 6.47. The molecule has 0 aliphatic carbocycles. The van der Waals surface area contributed by atoms with Gasteiger partial charge in [-0.05, 0) is 28.5 Å². The Balaban J connectivity index is 1.88. The van der Waals surface area contributed by atoms with Crippen LogP contribution in [0.1, 0.15) is 37.5 Å². The van der Waals surface area contributed by atoms with Crippen molar-refractivity contribution in [3.63, 3.8) is 0 Å². The first-order valence-corrected chi connectivity index (χ1v) is 8.92. The fraction of sp³-hybridized carbons (Fsp3) is 0.368. The Bertz CT molecular complexity index is 579. The minimum atomic E-state index is -0.799. The van der Waals surface area contributed by atoms with E-state index in [-0.39, 0.29) is 5.41 Å². The summed E-state index contributed by atoms with van der Waals surface area (Å²) in [6, 6.07) is 18.8. The molecule has 1 nitrogen and oxygen atoms in total. The molecule has 0 fully saturated rings. The van der Waals surface area contributed by atoms with Crippen molar-refractivity contribution in [3.8, 4) is 0 Å². The predicted octanol–water partition coefficient (Wildman–Crippen LogP) is 4.48. The predicted molar refractivity (Wildman–Crippen MR) is 92.0 cm³/mol. The van der Waals surface area contributed by atoms with Crippen LogP contribution >= 0.6 is 0 Å². The second kappa shape index (κ2) is 7.04. The molecule has 2 aromatic rings. The zero-order valence-electron chi connectivity index (χ0n) is 13.1. The zero-order chi connectivity index (χ0) is 15.3. The summed E-state index contributed by atoms with van der Waals surface area (Å²) in [6.07, 6.45) is 0.882. The van der Waals surface area contributed by atoms with Crippen molar-refractivity contribution in [1.82, 2.24) is 0 Å². The van der Waals surface area contributed by atoms with Crippen LogP contribution in [0.15, 0.2) is 54.6 Å². The van der Waals surface area contributed by atoms with Crippen LogP contribution < -0.4 is 0 Å². The summed E-state index contributed by atoms with van der Waals surface area (Å²) in [4.78, 5) is 0. The first kappa shape index (κ1) is 16.0. The van der Waals surface area contributed by atoms with E-state index >= 15 is 0 Å². The third-order valence-electron chi connectivity index (χ3n) is 3.61. The van der Waals surface area contributed by atoms with E-state index in [1.54, 1.807) is 0 Å². The SMILES string of the molecule is CC(C)(C)c1ccc(CS(=O)CCc2ccccc2)cc1. The van der Waals surface area contributed by atoms with Gasteiger partial charge in [-0.1, -0.05) is 75.4 Å². The number of rotatable bonds is 5. The molecule has 0 spiro atoms. The van der Waals surface area contributed by atoms with Gasteiger partial charge in [0.1, 0.15) is 0 Å². The average Bonchev–Trinajstić information content (AvgIpc) is 2.46. The fourth-order valence-corrected chi connectivity index (χ4v) is 3.41. The Morgan fingerprint density at radius 1 is 0.857 bits per heavy atom. The van der Waals surface area contributed by atoms with Gasteiger partial charge in [0.15, 0.2) is 0 Å². The Labute approximate surface area is 130 Å². The maximum Gasteiger partial charge on any atom is 0.0485 e. The third-order valence-corrected chi connectivity index (χ3v) is 4.92. The molecule has 2 rings (SSSR count). The largest absolute Gasteiger partial charge is 0.259 e. The fourth-order valence-electron chi connectivity index (χ4n) is 2.24. The molecule has 0 heterocycles. The van der Waals surface area contributed by atoms with E-state index in [2.05, 4.69) is 57.2 Å². The molecule has 112 valence electrons. The molecular weight excluding hydrogens is 276 g/mol. The zero-order valence-corrected chi connectivity index (χ0v) is 14.0. The molecular formula is C19H24OS. The van der Waals surface area contributed by atoms with E-state index in [0.29, 0.717) is 5.75 Å². The van der Waals surface area contributed by atoms with Crippen molar-refractivity contribution in [2.75, 3.05) is 5.75 Å². The van der Waals surface area contributed by atoms with E-state index in [1.165, 1.54) is 11.1 Å². The van der Waals surface area contributed by atoms with E-state index in [4.69, 9.17) is 0 Å². The van der Waals surface area contributed by atoms with Crippen molar-refractivity contribution < 1.29 is 4.21 Å². The molecule has 1 unspecified atom stereocenters. The molecule has 0 amide bonds. The van der Waals surface area contributed by atoms with E-state index in [9.17, 15) is 4.21 Å². The first-order chi connectivity index (χ1) is 9.95. The van der Waals surface area contributed by atoms with Gasteiger partial charge in [0, 0.05) is 22.3 Å². The highest BCUT2D eigenvalue weighted by Crippen LogP contribution is 2.22. The Morgan fingerprint density at radius 3 is 2.05 bits per heavy atom. The van der Waals surface area contributed by atoms with Gasteiger partial charge in [0.25, 0.3) is 0 Å². The van der Waals surface area contributed by atoms with Crippen molar-refractivity contribution in [3.05, 3.63) is 71.3 Å². The molecule has 1 atom stereocenters. The lowest BCUT2D eigenvalue weighted by atomic mass is 9.87. The molecule has 0 N–H and O–H groups in total. The molecule has 0 aliphatic heterocycles. The number of hydrogen-bond acceptors (Lipinski definition) is 1. The van der Waals surface area contributed by atoms with Crippen LogP contribution in [-0.4, -0.2) is 9.96 Å². The van der Waals surface area contributed by atoms with Gasteiger partial charge < -0.3 is 0 Å². The van der Waals surface area contributed by atoms with Crippen LogP contribution in [0, 0.1) is 0 Å². The van der Waals surface area contributed by atoms with Gasteiger partial charge in [0.2, 0.25) is 0 Å². The monoisotopic (exact) mass is 300 g/mol. The molecule has 2 aromatic carbocycles. The van der Waals surface area contributed by atoms with Gasteiger partial charge in [-0.3, -0.25) is 4.21 Å². The molecule has 0 saturated heterocycles. The van der Waals surface area contributed by atoms with Crippen LogP contribution in [0.25, 0.3) is 0 Å². The van der Waals surface area contributed by atoms with Gasteiger partial charge in [-0.2, -0.15) is 0 Å². The highest BCUT2D eigenvalue weighted by molar-refractivity contribution is 7.84. The first-order valence-electron chi connectivity index (χ1n) is 7.43. The molecule has 21 heavy (non-hydrogen) atoms. The minimum absolute atomic E-state index is 0.172. The van der Waals surface area contributed by atoms with Crippen molar-refractivity contribution in [2.24, 2.45) is 0 Å². The number of benzene rings is 2. The average molecular weight is 300 g/mol. The molecule has 0 aliphatic rings. The van der Waals surface area contributed by atoms with Crippen LogP contribution in [0.3, 0.4) is 0 Å². The summed E-state index contributed by atoms with van der Waals surface area (Å²) in [6.45, 7) is 6.63. The lowest BCUT2D eigenvalue weighted by Crippen LogP contribution is -2.11. The summed E-state index contributed by atoms with van der Waals surface area (Å²) in [5.41, 5.74) is 3.91. The molecule has 0 radical (unpaired) electrons. The van der Waals surface area contributed by atoms with Crippen LogP contribution in [0.2, 0.25) is 0 Å². The molecule has 0 aromatic heterocycles. The minimum Gasteiger partial charge on any atom is -0.259 e. The maximum absolute atomic E-state index is 12.2. The topological polar surface area (TPSA) is 17.1 Å². The van der Waals surface area contributed by atoms with Crippen LogP contribution in [0.4, 0.5) is 0 Å². The normalized spacial score (nSPS) is 13.1. The summed E-state index contributed by atoms with van der Waals surface area (Å²) in [7, 11) is -0.799. The second-order valence-corrected chi connectivity index (χ2v) is 8.05. The lowest BCUT2D eigenvalue weighted by Gasteiger charge is -2.19. The summed E-state index contributed by atoms with van der Waals surface area (Å²) in [5, 5.41) is 0. The van der Waals surface area contributed by atoms with Gasteiger partial charge in [-0.15, -0.1) is 0 Å². The van der Waals surface area contributed by atoms with Crippen molar-refractivity contribution in [2.45, 2.75) is 38.4 Å². The van der Waals surface area contributed by atoms with Crippen LogP contribution in [-0.2, 0) is 28.4 Å². The van der Waals surface area contributed by atoms with E-state index in [1.807, 2.05) is 18.2 Å². The Hall–Kier alpha value is -1.41. The molecule has 2 heteroatoms. The van der Waals surface area contributed by atoms with Crippen molar-refractivity contribution >= 4 is 10.8 Å². The van der Waals surface area contributed by atoms with E-state index in [0.717, 1.165) is 17.7 Å². The molecule has 0 bridgehead atoms. The van der Waals surface area contributed by atoms with Gasteiger partial charge >= 0.3 is 0 Å². The Kier molecular flexibility index (Phi) is 5.35. The lowest BCUT2D eigenvalue weighted by molar-refractivity contribution is 0.590. The standard InChI is InChI=1S/C19H24OS/c1-19(2,3)18-11-9-17(10-12-18)15-21(20)14-13-16-7-5-4-6-8-16/h4-12H,13-15H2,1-3H3. The van der Waals surface area contributed by atoms with Gasteiger partial charge in [-0.25, -0.2) is 0 Å². The summed E-state index contributed by atoms with van der Waals surface area (Å²) in [5.74, 6) is 1.38. The number of aryl methyl sites for hydroxylation is 1. The third kappa shape index (κ3) is 5.13. The quantitative estimate of drug-likeness (QED) is 0.796. The van der Waals surface area contributed by atoms with Crippen molar-refractivity contribution in [1.29, 1.82) is 0 Å². The highest BCUT2D eigenvalue weighted by Gasteiger charge is 2.13. The maximum atomic E-state index is 12.2. The smallest absolute Gasteiger partial charge is 0.0485 e. The molecule has 0 saturated carbocycles. The van der Waals surface area contributed by atoms with Gasteiger partial charge in [0.05, 0.1) is 0 Å². The number of hydrogen-bond donors (Lipinski definition) is 0. The van der Waals surface area contributed by atoms with E-state index < -0.39 is 10.8 Å². The Morgan fingerprint density at radius 2 is 1.48 bits per heavy atom.